The lowest BCUT2D eigenvalue weighted by atomic mass is 9.85. The summed E-state index contributed by atoms with van der Waals surface area (Å²) < 4.78 is 25.2. The second kappa shape index (κ2) is 8.97. The maximum atomic E-state index is 13.9. The lowest BCUT2D eigenvalue weighted by Crippen LogP contribution is -2.32. The number of allylic oxidation sites excluding steroid dienone is 1. The molecule has 0 bridgehead atoms. The van der Waals surface area contributed by atoms with E-state index in [1.165, 1.54) is 25.7 Å². The van der Waals surface area contributed by atoms with Crippen LogP contribution < -0.4 is 10.1 Å². The number of anilines is 1. The molecule has 4 rings (SSSR count). The van der Waals surface area contributed by atoms with E-state index in [9.17, 15) is 9.18 Å². The largest absolute Gasteiger partial charge is 0.496 e. The molecule has 5 heteroatoms. The Kier molecular flexibility index (Phi) is 6.27. The Morgan fingerprint density at radius 1 is 1.12 bits per heavy atom. The van der Waals surface area contributed by atoms with E-state index >= 15 is 0 Å². The molecular weight excluding hydrogens is 405 g/mol. The van der Waals surface area contributed by atoms with Crippen LogP contribution in [0, 0.1) is 11.7 Å². The minimum Gasteiger partial charge on any atom is -0.496 e. The van der Waals surface area contributed by atoms with Crippen LogP contribution in [0.1, 0.15) is 64.0 Å². The molecule has 1 aliphatic carbocycles. The molecule has 0 amide bonds. The van der Waals surface area contributed by atoms with E-state index in [1.807, 2.05) is 12.1 Å². The van der Waals surface area contributed by atoms with Crippen molar-refractivity contribution in [1.29, 1.82) is 0 Å². The van der Waals surface area contributed by atoms with Gasteiger partial charge in [-0.25, -0.2) is 4.39 Å². The Morgan fingerprint density at radius 3 is 2.56 bits per heavy atom. The van der Waals surface area contributed by atoms with Gasteiger partial charge in [-0.05, 0) is 62.9 Å². The Balaban J connectivity index is 1.77. The number of hydrogen-bond donors (Lipinski definition) is 1. The number of carbonyl (C=O) groups is 1. The van der Waals surface area contributed by atoms with Gasteiger partial charge in [-0.2, -0.15) is 0 Å². The van der Waals surface area contributed by atoms with Crippen LogP contribution in [0.25, 0.3) is 16.7 Å². The Morgan fingerprint density at radius 2 is 1.84 bits per heavy atom. The minimum atomic E-state index is -0.353. The number of benzene rings is 2. The number of esters is 1. The van der Waals surface area contributed by atoms with Crippen molar-refractivity contribution < 1.29 is 18.7 Å². The topological polar surface area (TPSA) is 47.6 Å². The highest BCUT2D eigenvalue weighted by atomic mass is 19.1. The zero-order chi connectivity index (χ0) is 22.9. The smallest absolute Gasteiger partial charge is 0.309 e. The van der Waals surface area contributed by atoms with Crippen molar-refractivity contribution >= 4 is 17.2 Å². The number of methoxy groups -OCH3 is 1. The van der Waals surface area contributed by atoms with Crippen molar-refractivity contribution in [2.24, 2.45) is 5.92 Å². The number of ether oxygens (including phenoxy) is 2. The number of hydrogen-bond acceptors (Lipinski definition) is 4. The van der Waals surface area contributed by atoms with E-state index in [2.05, 4.69) is 32.2 Å². The first-order chi connectivity index (χ1) is 15.3. The molecule has 0 atom stereocenters. The summed E-state index contributed by atoms with van der Waals surface area (Å²) in [5, 5.41) is 3.57. The van der Waals surface area contributed by atoms with Gasteiger partial charge in [0.1, 0.15) is 18.2 Å². The predicted octanol–water partition coefficient (Wildman–Crippen LogP) is 6.73. The Hall–Kier alpha value is -2.82. The zero-order valence-corrected chi connectivity index (χ0v) is 19.4. The molecule has 4 nitrogen and oxygen atoms in total. The van der Waals surface area contributed by atoms with Crippen LogP contribution >= 0.6 is 0 Å². The van der Waals surface area contributed by atoms with E-state index in [0.717, 1.165) is 59.2 Å². The van der Waals surface area contributed by atoms with Crippen molar-refractivity contribution in [3.05, 3.63) is 53.4 Å². The predicted molar refractivity (Wildman–Crippen MR) is 126 cm³/mol. The van der Waals surface area contributed by atoms with Gasteiger partial charge in [0.05, 0.1) is 18.6 Å². The van der Waals surface area contributed by atoms with Gasteiger partial charge < -0.3 is 14.8 Å². The quantitative estimate of drug-likeness (QED) is 0.527. The van der Waals surface area contributed by atoms with Gasteiger partial charge in [0.15, 0.2) is 0 Å². The molecule has 0 unspecified atom stereocenters. The molecule has 0 spiro atoms. The van der Waals surface area contributed by atoms with Crippen molar-refractivity contribution in [1.82, 2.24) is 0 Å². The standard InChI is InChI=1S/C27H32FNO3/c1-17-15-27(2,3)29-23-13-12-20(21-11-10-19(28)14-24(21)31-4)22(25(17)23)16-32-26(30)18-8-6-5-7-9-18/h10-15,18,29H,5-9,16H2,1-4H3. The molecule has 2 aliphatic rings. The Labute approximate surface area is 189 Å². The third kappa shape index (κ3) is 4.52. The second-order valence-electron chi connectivity index (χ2n) is 9.48. The van der Waals surface area contributed by atoms with E-state index in [0.29, 0.717) is 5.75 Å². The third-order valence-corrected chi connectivity index (χ3v) is 6.49. The van der Waals surface area contributed by atoms with Gasteiger partial charge in [-0.1, -0.05) is 31.4 Å². The number of fused-ring (bicyclic) bond motifs is 1. The minimum absolute atomic E-state index is 0.0132. The lowest BCUT2D eigenvalue weighted by molar-refractivity contribution is -0.151. The van der Waals surface area contributed by atoms with Crippen molar-refractivity contribution in [2.45, 2.75) is 65.0 Å². The van der Waals surface area contributed by atoms with Gasteiger partial charge in [-0.15, -0.1) is 0 Å². The lowest BCUT2D eigenvalue weighted by Gasteiger charge is -2.33. The highest BCUT2D eigenvalue weighted by molar-refractivity contribution is 5.88. The monoisotopic (exact) mass is 437 g/mol. The average molecular weight is 438 g/mol. The van der Waals surface area contributed by atoms with Gasteiger partial charge in [0, 0.05) is 28.4 Å². The fraction of sp³-hybridized carbons (Fsp3) is 0.444. The fourth-order valence-electron chi connectivity index (χ4n) is 5.09. The van der Waals surface area contributed by atoms with Crippen LogP contribution in [0.5, 0.6) is 5.75 Å². The SMILES string of the molecule is COc1cc(F)ccc1-c1ccc2c(c1COC(=O)C1CCCCC1)C(C)=CC(C)(C)N2. The zero-order valence-electron chi connectivity index (χ0n) is 19.4. The maximum absolute atomic E-state index is 13.9. The van der Waals surface area contributed by atoms with Gasteiger partial charge in [0.2, 0.25) is 0 Å². The van der Waals surface area contributed by atoms with Crippen LogP contribution in [0.2, 0.25) is 0 Å². The van der Waals surface area contributed by atoms with Gasteiger partial charge in [-0.3, -0.25) is 4.79 Å². The van der Waals surface area contributed by atoms with Crippen LogP contribution in [0.3, 0.4) is 0 Å². The van der Waals surface area contributed by atoms with Crippen LogP contribution in [-0.2, 0) is 16.1 Å². The van der Waals surface area contributed by atoms with Crippen molar-refractivity contribution in [3.8, 4) is 16.9 Å². The fourth-order valence-corrected chi connectivity index (χ4v) is 5.09. The first-order valence-corrected chi connectivity index (χ1v) is 11.4. The van der Waals surface area contributed by atoms with Gasteiger partial charge >= 0.3 is 5.97 Å². The molecule has 1 N–H and O–H groups in total. The molecule has 1 fully saturated rings. The van der Waals surface area contributed by atoms with E-state index < -0.39 is 0 Å². The highest BCUT2D eigenvalue weighted by Crippen LogP contribution is 2.43. The Bertz CT molecular complexity index is 1050. The van der Waals surface area contributed by atoms with Crippen molar-refractivity contribution in [2.75, 3.05) is 12.4 Å². The summed E-state index contributed by atoms with van der Waals surface area (Å²) >= 11 is 0. The van der Waals surface area contributed by atoms with Crippen molar-refractivity contribution in [3.63, 3.8) is 0 Å². The molecule has 0 radical (unpaired) electrons. The summed E-state index contributed by atoms with van der Waals surface area (Å²) in [6.07, 6.45) is 7.35. The first-order valence-electron chi connectivity index (χ1n) is 11.4. The molecule has 1 aliphatic heterocycles. The normalized spacial score (nSPS) is 17.7. The highest BCUT2D eigenvalue weighted by Gasteiger charge is 2.28. The number of halogens is 1. The number of rotatable bonds is 5. The molecular formula is C27H32FNO3. The maximum Gasteiger partial charge on any atom is 0.309 e. The first kappa shape index (κ1) is 22.4. The second-order valence-corrected chi connectivity index (χ2v) is 9.48. The molecule has 1 saturated carbocycles. The van der Waals surface area contributed by atoms with Crippen LogP contribution in [0.4, 0.5) is 10.1 Å². The summed E-state index contributed by atoms with van der Waals surface area (Å²) in [6, 6.07) is 8.58. The number of nitrogens with one attached hydrogen (secondary N) is 1. The molecule has 2 aromatic carbocycles. The summed E-state index contributed by atoms with van der Waals surface area (Å²) in [6.45, 7) is 6.50. The molecule has 0 saturated heterocycles. The van der Waals surface area contributed by atoms with E-state index in [4.69, 9.17) is 9.47 Å². The molecule has 170 valence electrons. The summed E-state index contributed by atoms with van der Waals surface area (Å²) in [4.78, 5) is 12.8. The number of carbonyl (C=O) groups excluding carboxylic acids is 1. The van der Waals surface area contributed by atoms with Gasteiger partial charge in [0.25, 0.3) is 0 Å². The van der Waals surface area contributed by atoms with E-state index in [-0.39, 0.29) is 29.9 Å². The van der Waals surface area contributed by atoms with Crippen LogP contribution in [-0.4, -0.2) is 18.6 Å². The molecule has 1 heterocycles. The van der Waals surface area contributed by atoms with E-state index in [1.54, 1.807) is 6.07 Å². The molecule has 0 aromatic heterocycles. The average Bonchev–Trinajstić information content (AvgIpc) is 2.77. The summed E-state index contributed by atoms with van der Waals surface area (Å²) in [7, 11) is 1.54. The summed E-state index contributed by atoms with van der Waals surface area (Å²) in [5.41, 5.74) is 5.55. The third-order valence-electron chi connectivity index (χ3n) is 6.49. The molecule has 32 heavy (non-hydrogen) atoms. The summed E-state index contributed by atoms with van der Waals surface area (Å²) in [5.74, 6) is -0.0327. The van der Waals surface area contributed by atoms with Crippen LogP contribution in [0.15, 0.2) is 36.4 Å². The molecule has 2 aromatic rings.